The van der Waals surface area contributed by atoms with Crippen molar-refractivity contribution >= 4 is 17.8 Å². The lowest BCUT2D eigenvalue weighted by Crippen LogP contribution is -2.52. The quantitative estimate of drug-likeness (QED) is 0.762. The van der Waals surface area contributed by atoms with Crippen LogP contribution in [0.1, 0.15) is 11.1 Å². The van der Waals surface area contributed by atoms with Gasteiger partial charge in [-0.25, -0.2) is 4.79 Å². The first-order valence-corrected chi connectivity index (χ1v) is 6.44. The van der Waals surface area contributed by atoms with Gasteiger partial charge in [0.25, 0.3) is 0 Å². The van der Waals surface area contributed by atoms with Gasteiger partial charge in [0.05, 0.1) is 0 Å². The van der Waals surface area contributed by atoms with Gasteiger partial charge in [-0.3, -0.25) is 9.59 Å². The molecule has 0 bridgehead atoms. The zero-order valence-corrected chi connectivity index (χ0v) is 11.3. The van der Waals surface area contributed by atoms with Crippen molar-refractivity contribution in [3.05, 3.63) is 35.4 Å². The highest BCUT2D eigenvalue weighted by Crippen LogP contribution is 2.23. The second kappa shape index (κ2) is 6.36. The maximum Gasteiger partial charge on any atom is 0.329 e. The van der Waals surface area contributed by atoms with Gasteiger partial charge in [0.15, 0.2) is 0 Å². The SMILES string of the molecule is NC(=O)[C@@H]1Cc2ccccc2CN1C(=O)COCC(=O)O. The van der Waals surface area contributed by atoms with E-state index in [1.807, 2.05) is 24.3 Å². The maximum atomic E-state index is 12.1. The highest BCUT2D eigenvalue weighted by Gasteiger charge is 2.33. The number of nitrogens with zero attached hydrogens (tertiary/aromatic N) is 1. The number of carboxylic acid groups (broad SMARTS) is 1. The minimum Gasteiger partial charge on any atom is -0.480 e. The molecule has 1 aliphatic rings. The molecule has 0 fully saturated rings. The summed E-state index contributed by atoms with van der Waals surface area (Å²) in [6.07, 6.45) is 0.357. The second-order valence-electron chi connectivity index (χ2n) is 4.80. The Bertz CT molecular complexity index is 572. The molecule has 0 radical (unpaired) electrons. The van der Waals surface area contributed by atoms with Gasteiger partial charge < -0.3 is 20.5 Å². The summed E-state index contributed by atoms with van der Waals surface area (Å²) in [6, 6.07) is 6.76. The van der Waals surface area contributed by atoms with Crippen molar-refractivity contribution in [1.82, 2.24) is 4.90 Å². The zero-order valence-electron chi connectivity index (χ0n) is 11.3. The Hall–Kier alpha value is -2.41. The number of primary amides is 1. The summed E-state index contributed by atoms with van der Waals surface area (Å²) in [6.45, 7) is -0.686. The van der Waals surface area contributed by atoms with Crippen LogP contribution in [0, 0.1) is 0 Å². The van der Waals surface area contributed by atoms with Crippen LogP contribution in [0.4, 0.5) is 0 Å². The number of ether oxygens (including phenoxy) is 1. The number of aliphatic carboxylic acids is 1. The summed E-state index contributed by atoms with van der Waals surface area (Å²) in [7, 11) is 0. The molecule has 1 atom stereocenters. The van der Waals surface area contributed by atoms with E-state index in [1.165, 1.54) is 4.90 Å². The molecule has 7 nitrogen and oxygen atoms in total. The molecule has 7 heteroatoms. The minimum atomic E-state index is -1.15. The third-order valence-corrected chi connectivity index (χ3v) is 3.35. The first-order valence-electron chi connectivity index (χ1n) is 6.44. The summed E-state index contributed by atoms with van der Waals surface area (Å²) in [5.41, 5.74) is 7.29. The fourth-order valence-electron chi connectivity index (χ4n) is 2.35. The van der Waals surface area contributed by atoms with Crippen LogP contribution in [0.5, 0.6) is 0 Å². The predicted molar refractivity (Wildman–Crippen MR) is 72.1 cm³/mol. The molecule has 0 saturated heterocycles. The Morgan fingerprint density at radius 1 is 1.24 bits per heavy atom. The van der Waals surface area contributed by atoms with Gasteiger partial charge in [-0.05, 0) is 11.1 Å². The van der Waals surface area contributed by atoms with Gasteiger partial charge in [-0.1, -0.05) is 24.3 Å². The Balaban J connectivity index is 2.11. The fraction of sp³-hybridized carbons (Fsp3) is 0.357. The molecule has 112 valence electrons. The van der Waals surface area contributed by atoms with E-state index < -0.39 is 37.0 Å². The van der Waals surface area contributed by atoms with E-state index in [4.69, 9.17) is 15.6 Å². The number of carbonyl (C=O) groups is 3. The Labute approximate surface area is 121 Å². The molecule has 21 heavy (non-hydrogen) atoms. The molecule has 0 spiro atoms. The minimum absolute atomic E-state index is 0.263. The van der Waals surface area contributed by atoms with Crippen molar-refractivity contribution < 1.29 is 24.2 Å². The Morgan fingerprint density at radius 3 is 2.52 bits per heavy atom. The number of amides is 2. The van der Waals surface area contributed by atoms with Crippen molar-refractivity contribution in [3.63, 3.8) is 0 Å². The van der Waals surface area contributed by atoms with Crippen LogP contribution in [0.3, 0.4) is 0 Å². The van der Waals surface area contributed by atoms with Crippen molar-refractivity contribution in [1.29, 1.82) is 0 Å². The third kappa shape index (κ3) is 3.57. The summed E-state index contributed by atoms with van der Waals surface area (Å²) < 4.78 is 4.78. The van der Waals surface area contributed by atoms with Gasteiger partial charge in [-0.2, -0.15) is 0 Å². The van der Waals surface area contributed by atoms with E-state index in [2.05, 4.69) is 0 Å². The highest BCUT2D eigenvalue weighted by atomic mass is 16.5. The first kappa shape index (κ1) is 15.0. The van der Waals surface area contributed by atoms with Crippen molar-refractivity contribution in [3.8, 4) is 0 Å². The number of carbonyl (C=O) groups excluding carboxylic acids is 2. The number of nitrogens with two attached hydrogens (primary N) is 1. The predicted octanol–water partition coefficient (Wildman–Crippen LogP) is -0.474. The number of hydrogen-bond donors (Lipinski definition) is 2. The number of carboxylic acids is 1. The van der Waals surface area contributed by atoms with Gasteiger partial charge in [0.1, 0.15) is 19.3 Å². The largest absolute Gasteiger partial charge is 0.480 e. The van der Waals surface area contributed by atoms with Crippen molar-refractivity contribution in [2.75, 3.05) is 13.2 Å². The van der Waals surface area contributed by atoms with Crippen LogP contribution in [-0.2, 0) is 32.1 Å². The maximum absolute atomic E-state index is 12.1. The monoisotopic (exact) mass is 292 g/mol. The topological polar surface area (TPSA) is 110 Å². The Kier molecular flexibility index (Phi) is 4.54. The van der Waals surface area contributed by atoms with Crippen LogP contribution in [0.25, 0.3) is 0 Å². The normalized spacial score (nSPS) is 17.1. The first-order chi connectivity index (χ1) is 9.99. The Morgan fingerprint density at radius 2 is 1.90 bits per heavy atom. The molecule has 0 aromatic heterocycles. The molecule has 3 N–H and O–H groups in total. The summed E-state index contributed by atoms with van der Waals surface area (Å²) in [5, 5.41) is 8.48. The van der Waals surface area contributed by atoms with Gasteiger partial charge in [0, 0.05) is 13.0 Å². The smallest absolute Gasteiger partial charge is 0.329 e. The van der Waals surface area contributed by atoms with E-state index in [0.29, 0.717) is 6.42 Å². The molecule has 0 unspecified atom stereocenters. The molecule has 1 aliphatic heterocycles. The number of rotatable bonds is 5. The van der Waals surface area contributed by atoms with E-state index >= 15 is 0 Å². The van der Waals surface area contributed by atoms with Crippen LogP contribution >= 0.6 is 0 Å². The molecule has 0 aliphatic carbocycles. The van der Waals surface area contributed by atoms with Gasteiger partial charge in [-0.15, -0.1) is 0 Å². The average Bonchev–Trinajstić information content (AvgIpc) is 2.45. The van der Waals surface area contributed by atoms with E-state index in [9.17, 15) is 14.4 Å². The molecule has 2 amide bonds. The van der Waals surface area contributed by atoms with Gasteiger partial charge >= 0.3 is 5.97 Å². The number of hydrogen-bond acceptors (Lipinski definition) is 4. The van der Waals surface area contributed by atoms with E-state index in [0.717, 1.165) is 11.1 Å². The van der Waals surface area contributed by atoms with E-state index in [1.54, 1.807) is 0 Å². The molecule has 1 aromatic rings. The summed E-state index contributed by atoms with van der Waals surface area (Å²) in [5.74, 6) is -2.19. The summed E-state index contributed by atoms with van der Waals surface area (Å²) in [4.78, 5) is 35.4. The molecule has 1 heterocycles. The lowest BCUT2D eigenvalue weighted by molar-refractivity contribution is -0.149. The lowest BCUT2D eigenvalue weighted by Gasteiger charge is -2.35. The average molecular weight is 292 g/mol. The molecular formula is C14H16N2O5. The summed E-state index contributed by atoms with van der Waals surface area (Å²) >= 11 is 0. The molecule has 2 rings (SSSR count). The molecule has 1 aromatic carbocycles. The van der Waals surface area contributed by atoms with Crippen molar-refractivity contribution in [2.24, 2.45) is 5.73 Å². The third-order valence-electron chi connectivity index (χ3n) is 3.35. The lowest BCUT2D eigenvalue weighted by atomic mass is 9.93. The molecule has 0 saturated carbocycles. The second-order valence-corrected chi connectivity index (χ2v) is 4.80. The van der Waals surface area contributed by atoms with Crippen LogP contribution in [-0.4, -0.2) is 47.0 Å². The zero-order chi connectivity index (χ0) is 15.4. The number of benzene rings is 1. The van der Waals surface area contributed by atoms with Crippen LogP contribution in [0.2, 0.25) is 0 Å². The van der Waals surface area contributed by atoms with Crippen molar-refractivity contribution in [2.45, 2.75) is 19.0 Å². The fourth-order valence-corrected chi connectivity index (χ4v) is 2.35. The van der Waals surface area contributed by atoms with Crippen LogP contribution < -0.4 is 5.73 Å². The number of fused-ring (bicyclic) bond motifs is 1. The van der Waals surface area contributed by atoms with Gasteiger partial charge in [0.2, 0.25) is 11.8 Å². The molecular weight excluding hydrogens is 276 g/mol. The van der Waals surface area contributed by atoms with E-state index in [-0.39, 0.29) is 6.54 Å². The highest BCUT2D eigenvalue weighted by molar-refractivity contribution is 5.88. The standard InChI is InChI=1S/C14H16N2O5/c15-14(20)11-5-9-3-1-2-4-10(9)6-16(11)12(17)7-21-8-13(18)19/h1-4,11H,5-8H2,(H2,15,20)(H,18,19)/t11-/m0/s1. The van der Waals surface area contributed by atoms with Crippen LogP contribution in [0.15, 0.2) is 24.3 Å².